The van der Waals surface area contributed by atoms with Crippen LogP contribution in [0.2, 0.25) is 0 Å². The van der Waals surface area contributed by atoms with E-state index in [1.54, 1.807) is 6.92 Å². The Hall–Kier alpha value is -2.24. The summed E-state index contributed by atoms with van der Waals surface area (Å²) in [5.41, 5.74) is 0. The molecule has 0 spiro atoms. The molecule has 0 aliphatic carbocycles. The average molecular weight is 324 g/mol. The molecule has 1 aliphatic heterocycles. The van der Waals surface area contributed by atoms with Crippen LogP contribution in [0, 0.1) is 11.8 Å². The first-order valence-electron chi connectivity index (χ1n) is 5.81. The van der Waals surface area contributed by atoms with Crippen molar-refractivity contribution in [1.29, 1.82) is 0 Å². The number of aliphatic carboxylic acids is 3. The molecule has 0 bridgehead atoms. The average Bonchev–Trinajstić information content (AvgIpc) is 2.76. The van der Waals surface area contributed by atoms with Crippen LogP contribution in [0.25, 0.3) is 0 Å². The Balaban J connectivity index is 0. The Morgan fingerprint density at radius 3 is 1.73 bits per heavy atom. The van der Waals surface area contributed by atoms with Crippen molar-refractivity contribution in [3.8, 4) is 0 Å². The molecule has 0 amide bonds. The third-order valence-corrected chi connectivity index (χ3v) is 2.83. The number of ether oxygens (including phenoxy) is 2. The fourth-order valence-corrected chi connectivity index (χ4v) is 1.97. The van der Waals surface area contributed by atoms with E-state index in [2.05, 4.69) is 0 Å². The first kappa shape index (κ1) is 22.0. The second-order valence-electron chi connectivity index (χ2n) is 4.21. The third kappa shape index (κ3) is 4.38. The Kier molecular flexibility index (Phi) is 8.94. The van der Waals surface area contributed by atoms with E-state index in [0.717, 1.165) is 0 Å². The van der Waals surface area contributed by atoms with E-state index in [1.165, 1.54) is 0 Å². The SMILES string of the molecule is CCCOC(=O)C1OC(C(=O)O)C(C(=O)O)C1C(=O)O.N.N. The van der Waals surface area contributed by atoms with Crippen LogP contribution < -0.4 is 12.3 Å². The monoisotopic (exact) mass is 324 g/mol. The summed E-state index contributed by atoms with van der Waals surface area (Å²) in [5.74, 6) is -9.67. The van der Waals surface area contributed by atoms with Crippen molar-refractivity contribution in [1.82, 2.24) is 12.3 Å². The van der Waals surface area contributed by atoms with Crippen LogP contribution in [0.3, 0.4) is 0 Å². The van der Waals surface area contributed by atoms with Gasteiger partial charge < -0.3 is 37.1 Å². The molecule has 128 valence electrons. The second-order valence-corrected chi connectivity index (χ2v) is 4.21. The number of carbonyl (C=O) groups excluding carboxylic acids is 1. The molecular formula is C11H20N2O9. The van der Waals surface area contributed by atoms with Crippen LogP contribution in [-0.2, 0) is 28.7 Å². The zero-order valence-electron chi connectivity index (χ0n) is 11.9. The summed E-state index contributed by atoms with van der Waals surface area (Å²) in [6.45, 7) is 1.71. The largest absolute Gasteiger partial charge is 0.481 e. The highest BCUT2D eigenvalue weighted by atomic mass is 16.6. The fourth-order valence-electron chi connectivity index (χ4n) is 1.97. The molecule has 22 heavy (non-hydrogen) atoms. The predicted molar refractivity (Wildman–Crippen MR) is 69.8 cm³/mol. The molecule has 1 aliphatic rings. The number of carboxylic acids is 3. The summed E-state index contributed by atoms with van der Waals surface area (Å²) < 4.78 is 9.49. The van der Waals surface area contributed by atoms with Gasteiger partial charge in [0.15, 0.2) is 12.2 Å². The molecule has 11 nitrogen and oxygen atoms in total. The maximum Gasteiger partial charge on any atom is 0.336 e. The van der Waals surface area contributed by atoms with Crippen LogP contribution in [0.4, 0.5) is 0 Å². The van der Waals surface area contributed by atoms with Crippen LogP contribution >= 0.6 is 0 Å². The van der Waals surface area contributed by atoms with Crippen molar-refractivity contribution < 1.29 is 44.0 Å². The van der Waals surface area contributed by atoms with E-state index >= 15 is 0 Å². The highest BCUT2D eigenvalue weighted by Crippen LogP contribution is 2.34. The minimum atomic E-state index is -1.91. The molecule has 1 rings (SSSR count). The smallest absolute Gasteiger partial charge is 0.336 e. The molecule has 0 radical (unpaired) electrons. The first-order chi connectivity index (χ1) is 9.31. The lowest BCUT2D eigenvalue weighted by atomic mass is 9.87. The van der Waals surface area contributed by atoms with Crippen LogP contribution in [-0.4, -0.2) is 58.0 Å². The van der Waals surface area contributed by atoms with Gasteiger partial charge in [0, 0.05) is 0 Å². The fraction of sp³-hybridized carbons (Fsp3) is 0.636. The second kappa shape index (κ2) is 8.92. The highest BCUT2D eigenvalue weighted by Gasteiger charge is 2.58. The van der Waals surface area contributed by atoms with Gasteiger partial charge in [-0.25, -0.2) is 9.59 Å². The van der Waals surface area contributed by atoms with Crippen molar-refractivity contribution in [2.75, 3.05) is 6.61 Å². The van der Waals surface area contributed by atoms with Gasteiger partial charge in [0.25, 0.3) is 0 Å². The van der Waals surface area contributed by atoms with Crippen LogP contribution in [0.15, 0.2) is 0 Å². The number of carboxylic acid groups (broad SMARTS) is 3. The summed E-state index contributed by atoms with van der Waals surface area (Å²) in [6, 6.07) is 0. The Morgan fingerprint density at radius 1 is 0.909 bits per heavy atom. The number of hydrogen-bond donors (Lipinski definition) is 5. The molecule has 0 aromatic carbocycles. The van der Waals surface area contributed by atoms with Gasteiger partial charge in [0.1, 0.15) is 11.8 Å². The lowest BCUT2D eigenvalue weighted by Crippen LogP contribution is -2.39. The molecule has 0 saturated carbocycles. The summed E-state index contributed by atoms with van der Waals surface area (Å²) in [7, 11) is 0. The van der Waals surface area contributed by atoms with Crippen molar-refractivity contribution in [2.24, 2.45) is 11.8 Å². The quantitative estimate of drug-likeness (QED) is 0.392. The van der Waals surface area contributed by atoms with Gasteiger partial charge in [-0.3, -0.25) is 9.59 Å². The van der Waals surface area contributed by atoms with E-state index in [9.17, 15) is 19.2 Å². The highest BCUT2D eigenvalue weighted by molar-refractivity contribution is 5.92. The molecular weight excluding hydrogens is 304 g/mol. The van der Waals surface area contributed by atoms with Crippen LogP contribution in [0.5, 0.6) is 0 Å². The van der Waals surface area contributed by atoms with Crippen molar-refractivity contribution in [3.63, 3.8) is 0 Å². The normalized spacial score (nSPS) is 26.2. The maximum absolute atomic E-state index is 11.7. The van der Waals surface area contributed by atoms with Gasteiger partial charge in [-0.05, 0) is 6.42 Å². The van der Waals surface area contributed by atoms with Crippen molar-refractivity contribution in [3.05, 3.63) is 0 Å². The standard InChI is InChI=1S/C11H14O9.2H3N/c1-2-3-19-11(18)7-5(9(14)15)4(8(12)13)6(20-7)10(16)17;;/h4-7H,2-3H2,1H3,(H,12,13)(H,14,15)(H,16,17);2*1H3. The van der Waals surface area contributed by atoms with E-state index in [1.807, 2.05) is 0 Å². The Labute approximate surface area is 125 Å². The molecule has 4 atom stereocenters. The lowest BCUT2D eigenvalue weighted by Gasteiger charge is -2.15. The zero-order valence-corrected chi connectivity index (χ0v) is 11.9. The number of hydrogen-bond acceptors (Lipinski definition) is 8. The summed E-state index contributed by atoms with van der Waals surface area (Å²) >= 11 is 0. The minimum absolute atomic E-state index is 0. The first-order valence-corrected chi connectivity index (χ1v) is 5.81. The molecule has 11 heteroatoms. The zero-order chi connectivity index (χ0) is 15.4. The summed E-state index contributed by atoms with van der Waals surface area (Å²) in [6.07, 6.45) is -3.19. The van der Waals surface area contributed by atoms with Gasteiger partial charge in [0.05, 0.1) is 6.61 Å². The van der Waals surface area contributed by atoms with E-state index in [-0.39, 0.29) is 18.9 Å². The Morgan fingerprint density at radius 2 is 1.36 bits per heavy atom. The maximum atomic E-state index is 11.7. The van der Waals surface area contributed by atoms with E-state index < -0.39 is 47.9 Å². The van der Waals surface area contributed by atoms with Gasteiger partial charge in [-0.1, -0.05) is 6.92 Å². The molecule has 1 heterocycles. The Bertz CT molecular complexity index is 439. The van der Waals surface area contributed by atoms with Crippen LogP contribution in [0.1, 0.15) is 13.3 Å². The molecule has 4 unspecified atom stereocenters. The topological polar surface area (TPSA) is 217 Å². The third-order valence-electron chi connectivity index (χ3n) is 2.83. The van der Waals surface area contributed by atoms with Gasteiger partial charge >= 0.3 is 23.9 Å². The van der Waals surface area contributed by atoms with Gasteiger partial charge in [0.2, 0.25) is 0 Å². The molecule has 1 fully saturated rings. The minimum Gasteiger partial charge on any atom is -0.481 e. The van der Waals surface area contributed by atoms with Crippen molar-refractivity contribution in [2.45, 2.75) is 25.6 Å². The molecule has 0 aromatic heterocycles. The summed E-state index contributed by atoms with van der Waals surface area (Å²) in [5, 5.41) is 26.9. The number of esters is 1. The lowest BCUT2D eigenvalue weighted by molar-refractivity contribution is -0.167. The summed E-state index contributed by atoms with van der Waals surface area (Å²) in [4.78, 5) is 44.8. The van der Waals surface area contributed by atoms with Gasteiger partial charge in [-0.2, -0.15) is 0 Å². The predicted octanol–water partition coefficient (Wildman–Crippen LogP) is -0.483. The molecule has 1 saturated heterocycles. The van der Waals surface area contributed by atoms with E-state index in [4.69, 9.17) is 24.8 Å². The van der Waals surface area contributed by atoms with Crippen molar-refractivity contribution >= 4 is 23.9 Å². The number of rotatable bonds is 6. The molecule has 0 aromatic rings. The molecule has 9 N–H and O–H groups in total. The van der Waals surface area contributed by atoms with E-state index in [0.29, 0.717) is 6.42 Å². The number of carbonyl (C=O) groups is 4. The van der Waals surface area contributed by atoms with Gasteiger partial charge in [-0.15, -0.1) is 0 Å².